The summed E-state index contributed by atoms with van der Waals surface area (Å²) >= 11 is 0. The van der Waals surface area contributed by atoms with Crippen LogP contribution in [0.1, 0.15) is 19.8 Å². The number of piperidine rings is 1. The number of anilines is 1. The number of nitrogens with one attached hydrogen (secondary N) is 1. The third kappa shape index (κ3) is 4.66. The Morgan fingerprint density at radius 1 is 1.45 bits per heavy atom. The molecular weight excluding hydrogens is 307 g/mol. The Kier molecular flexibility index (Phi) is 5.77. The molecule has 1 saturated heterocycles. The Bertz CT molecular complexity index is 594. The molecule has 1 fully saturated rings. The van der Waals surface area contributed by atoms with Crippen LogP contribution in [-0.4, -0.2) is 46.5 Å². The molecule has 0 radical (unpaired) electrons. The molecule has 0 bridgehead atoms. The number of nitrogens with zero attached hydrogens (tertiary/aromatic N) is 1. The second-order valence-corrected chi connectivity index (χ2v) is 7.48. The van der Waals surface area contributed by atoms with Gasteiger partial charge in [-0.3, -0.25) is 0 Å². The van der Waals surface area contributed by atoms with E-state index in [1.54, 1.807) is 25.1 Å². The summed E-state index contributed by atoms with van der Waals surface area (Å²) in [4.78, 5) is 1.89. The molecule has 124 valence electrons. The van der Waals surface area contributed by atoms with Crippen molar-refractivity contribution >= 4 is 15.7 Å². The van der Waals surface area contributed by atoms with E-state index in [-0.39, 0.29) is 23.7 Å². The minimum atomic E-state index is -3.40. The zero-order chi connectivity index (χ0) is 16.2. The Morgan fingerprint density at radius 3 is 2.86 bits per heavy atom. The highest BCUT2D eigenvalue weighted by molar-refractivity contribution is 7.89. The zero-order valence-corrected chi connectivity index (χ0v) is 13.8. The Hall–Kier alpha value is -1.18. The molecule has 0 amide bonds. The summed E-state index contributed by atoms with van der Waals surface area (Å²) in [5, 5.41) is 0. The van der Waals surface area contributed by atoms with Crippen molar-refractivity contribution in [1.29, 1.82) is 0 Å². The molecule has 0 spiro atoms. The molecular formula is C15H23FN2O3S. The standard InChI is InChI=1S/C15H23FN2O3S/c1-12(21-2)11-22(19,20)17-13-6-5-9-18(10-13)15-8-4-3-7-14(15)16/h3-4,7-8,12-13,17H,5-6,9-11H2,1-2H3/t12-,13-/m0/s1. The first-order valence-electron chi connectivity index (χ1n) is 7.43. The first-order chi connectivity index (χ1) is 10.4. The molecule has 1 N–H and O–H groups in total. The lowest BCUT2D eigenvalue weighted by atomic mass is 10.1. The van der Waals surface area contributed by atoms with E-state index < -0.39 is 10.0 Å². The van der Waals surface area contributed by atoms with Crippen LogP contribution in [0.25, 0.3) is 0 Å². The van der Waals surface area contributed by atoms with E-state index in [1.165, 1.54) is 13.2 Å². The lowest BCUT2D eigenvalue weighted by Gasteiger charge is -2.34. The van der Waals surface area contributed by atoms with Crippen LogP contribution >= 0.6 is 0 Å². The maximum Gasteiger partial charge on any atom is 0.214 e. The highest BCUT2D eigenvalue weighted by Crippen LogP contribution is 2.23. The number of hydrogen-bond donors (Lipinski definition) is 1. The van der Waals surface area contributed by atoms with Crippen molar-refractivity contribution in [3.05, 3.63) is 30.1 Å². The molecule has 0 aromatic heterocycles. The number of rotatable bonds is 6. The van der Waals surface area contributed by atoms with Gasteiger partial charge in [0.1, 0.15) is 5.82 Å². The van der Waals surface area contributed by atoms with Gasteiger partial charge in [0, 0.05) is 26.2 Å². The largest absolute Gasteiger partial charge is 0.381 e. The van der Waals surface area contributed by atoms with Crippen LogP contribution < -0.4 is 9.62 Å². The van der Waals surface area contributed by atoms with Crippen molar-refractivity contribution < 1.29 is 17.5 Å². The van der Waals surface area contributed by atoms with Gasteiger partial charge in [0.25, 0.3) is 0 Å². The van der Waals surface area contributed by atoms with Gasteiger partial charge in [0.15, 0.2) is 0 Å². The van der Waals surface area contributed by atoms with Gasteiger partial charge in [0.2, 0.25) is 10.0 Å². The molecule has 1 aliphatic rings. The molecule has 7 heteroatoms. The molecule has 0 unspecified atom stereocenters. The molecule has 1 aromatic carbocycles. The number of ether oxygens (including phenoxy) is 1. The fraction of sp³-hybridized carbons (Fsp3) is 0.600. The lowest BCUT2D eigenvalue weighted by molar-refractivity contribution is 0.136. The molecule has 1 aliphatic heterocycles. The van der Waals surface area contributed by atoms with Crippen molar-refractivity contribution in [3.8, 4) is 0 Å². The third-order valence-electron chi connectivity index (χ3n) is 3.82. The summed E-state index contributed by atoms with van der Waals surface area (Å²) in [5.74, 6) is -0.348. The Morgan fingerprint density at radius 2 is 2.18 bits per heavy atom. The molecule has 2 atom stereocenters. The predicted octanol–water partition coefficient (Wildman–Crippen LogP) is 1.75. The van der Waals surface area contributed by atoms with Gasteiger partial charge in [-0.1, -0.05) is 12.1 Å². The van der Waals surface area contributed by atoms with E-state index >= 15 is 0 Å². The van der Waals surface area contributed by atoms with Crippen molar-refractivity contribution in [3.63, 3.8) is 0 Å². The quantitative estimate of drug-likeness (QED) is 0.863. The topological polar surface area (TPSA) is 58.6 Å². The van der Waals surface area contributed by atoms with E-state index in [4.69, 9.17) is 4.74 Å². The molecule has 0 saturated carbocycles. The first-order valence-corrected chi connectivity index (χ1v) is 9.09. The van der Waals surface area contributed by atoms with Gasteiger partial charge in [-0.25, -0.2) is 17.5 Å². The molecule has 1 aromatic rings. The fourth-order valence-electron chi connectivity index (χ4n) is 2.68. The monoisotopic (exact) mass is 330 g/mol. The van der Waals surface area contributed by atoms with Crippen LogP contribution in [0.2, 0.25) is 0 Å². The summed E-state index contributed by atoms with van der Waals surface area (Å²) in [6.07, 6.45) is 1.22. The van der Waals surface area contributed by atoms with Crippen LogP contribution in [0.4, 0.5) is 10.1 Å². The van der Waals surface area contributed by atoms with Crippen molar-refractivity contribution in [2.45, 2.75) is 31.9 Å². The number of methoxy groups -OCH3 is 1. The summed E-state index contributed by atoms with van der Waals surface area (Å²) in [6.45, 7) is 2.92. The normalized spacial score (nSPS) is 20.9. The average molecular weight is 330 g/mol. The SMILES string of the molecule is CO[C@@H](C)CS(=O)(=O)N[C@H]1CCCN(c2ccccc2F)C1. The Labute approximate surface area is 131 Å². The van der Waals surface area contributed by atoms with Gasteiger partial charge in [-0.2, -0.15) is 0 Å². The minimum Gasteiger partial charge on any atom is -0.381 e. The third-order valence-corrected chi connectivity index (χ3v) is 5.42. The van der Waals surface area contributed by atoms with Crippen molar-refractivity contribution in [2.75, 3.05) is 30.9 Å². The van der Waals surface area contributed by atoms with E-state index in [1.807, 2.05) is 4.90 Å². The number of benzene rings is 1. The average Bonchev–Trinajstić information content (AvgIpc) is 2.46. The number of hydrogen-bond acceptors (Lipinski definition) is 4. The maximum atomic E-state index is 13.9. The van der Waals surface area contributed by atoms with Crippen LogP contribution in [0.3, 0.4) is 0 Å². The highest BCUT2D eigenvalue weighted by atomic mass is 32.2. The number of para-hydroxylation sites is 1. The van der Waals surface area contributed by atoms with Crippen molar-refractivity contribution in [1.82, 2.24) is 4.72 Å². The summed E-state index contributed by atoms with van der Waals surface area (Å²) in [6, 6.07) is 6.37. The van der Waals surface area contributed by atoms with Gasteiger partial charge in [-0.05, 0) is 31.9 Å². The zero-order valence-electron chi connectivity index (χ0n) is 13.0. The molecule has 2 rings (SSSR count). The summed E-state index contributed by atoms with van der Waals surface area (Å²) in [5.41, 5.74) is 0.525. The first kappa shape index (κ1) is 17.2. The maximum absolute atomic E-state index is 13.9. The van der Waals surface area contributed by atoms with E-state index in [9.17, 15) is 12.8 Å². The molecule has 0 aliphatic carbocycles. The smallest absolute Gasteiger partial charge is 0.214 e. The molecule has 1 heterocycles. The second-order valence-electron chi connectivity index (χ2n) is 5.68. The van der Waals surface area contributed by atoms with Crippen LogP contribution in [0.15, 0.2) is 24.3 Å². The summed E-state index contributed by atoms with van der Waals surface area (Å²) in [7, 11) is -1.92. The molecule has 22 heavy (non-hydrogen) atoms. The van der Waals surface area contributed by atoms with Gasteiger partial charge in [0.05, 0.1) is 17.5 Å². The predicted molar refractivity (Wildman–Crippen MR) is 85.0 cm³/mol. The lowest BCUT2D eigenvalue weighted by Crippen LogP contribution is -2.49. The van der Waals surface area contributed by atoms with E-state index in [0.717, 1.165) is 19.4 Å². The van der Waals surface area contributed by atoms with Crippen molar-refractivity contribution in [2.24, 2.45) is 0 Å². The second kappa shape index (κ2) is 7.39. The number of halogens is 1. The van der Waals surface area contributed by atoms with Crippen LogP contribution in [0, 0.1) is 5.82 Å². The van der Waals surface area contributed by atoms with Crippen LogP contribution in [-0.2, 0) is 14.8 Å². The Balaban J connectivity index is 2.01. The highest BCUT2D eigenvalue weighted by Gasteiger charge is 2.26. The van der Waals surface area contributed by atoms with E-state index in [0.29, 0.717) is 12.2 Å². The van der Waals surface area contributed by atoms with Gasteiger partial charge < -0.3 is 9.64 Å². The van der Waals surface area contributed by atoms with Crippen LogP contribution in [0.5, 0.6) is 0 Å². The number of sulfonamides is 1. The van der Waals surface area contributed by atoms with Gasteiger partial charge in [-0.15, -0.1) is 0 Å². The van der Waals surface area contributed by atoms with E-state index in [2.05, 4.69) is 4.72 Å². The molecule has 5 nitrogen and oxygen atoms in total. The van der Waals surface area contributed by atoms with Gasteiger partial charge >= 0.3 is 0 Å². The summed E-state index contributed by atoms with van der Waals surface area (Å²) < 4.78 is 45.8. The fourth-order valence-corrected chi connectivity index (χ4v) is 4.23. The minimum absolute atomic E-state index is 0.0697.